The molecule has 2 atom stereocenters. The Balaban J connectivity index is 3.18. The SMILES string of the molecule is C[C@@H](O)[C@H](O)c1ccccc1C(F)(F)F. The van der Waals surface area contributed by atoms with E-state index in [-0.39, 0.29) is 5.56 Å². The highest BCUT2D eigenvalue weighted by Crippen LogP contribution is 2.35. The first-order chi connectivity index (χ1) is 6.84. The summed E-state index contributed by atoms with van der Waals surface area (Å²) in [6.45, 7) is 1.23. The molecule has 84 valence electrons. The smallest absolute Gasteiger partial charge is 0.390 e. The van der Waals surface area contributed by atoms with E-state index in [1.165, 1.54) is 19.1 Å². The minimum atomic E-state index is -4.52. The summed E-state index contributed by atoms with van der Waals surface area (Å²) < 4.78 is 37.4. The Morgan fingerprint density at radius 1 is 1.13 bits per heavy atom. The van der Waals surface area contributed by atoms with Crippen LogP contribution in [0.4, 0.5) is 13.2 Å². The first kappa shape index (κ1) is 12.0. The maximum Gasteiger partial charge on any atom is 0.416 e. The first-order valence-electron chi connectivity index (χ1n) is 4.36. The van der Waals surface area contributed by atoms with Crippen LogP contribution in [-0.4, -0.2) is 16.3 Å². The Labute approximate surface area is 85.0 Å². The van der Waals surface area contributed by atoms with Crippen LogP contribution in [0.2, 0.25) is 0 Å². The van der Waals surface area contributed by atoms with Crippen molar-refractivity contribution in [3.8, 4) is 0 Å². The van der Waals surface area contributed by atoms with E-state index in [9.17, 15) is 18.3 Å². The maximum absolute atomic E-state index is 12.5. The van der Waals surface area contributed by atoms with E-state index in [4.69, 9.17) is 5.11 Å². The van der Waals surface area contributed by atoms with Crippen molar-refractivity contribution in [2.45, 2.75) is 25.3 Å². The molecule has 1 rings (SSSR count). The molecule has 0 aliphatic rings. The van der Waals surface area contributed by atoms with E-state index in [0.717, 1.165) is 12.1 Å². The summed E-state index contributed by atoms with van der Waals surface area (Å²) in [6.07, 6.45) is -7.29. The molecule has 1 aromatic rings. The van der Waals surface area contributed by atoms with Gasteiger partial charge in [0, 0.05) is 0 Å². The van der Waals surface area contributed by atoms with Crippen molar-refractivity contribution in [3.05, 3.63) is 35.4 Å². The fraction of sp³-hybridized carbons (Fsp3) is 0.400. The van der Waals surface area contributed by atoms with Crippen LogP contribution >= 0.6 is 0 Å². The van der Waals surface area contributed by atoms with Crippen LogP contribution in [0, 0.1) is 0 Å². The van der Waals surface area contributed by atoms with Gasteiger partial charge in [-0.25, -0.2) is 0 Å². The van der Waals surface area contributed by atoms with Crippen molar-refractivity contribution >= 4 is 0 Å². The van der Waals surface area contributed by atoms with Gasteiger partial charge in [-0.05, 0) is 18.6 Å². The normalized spacial score (nSPS) is 16.1. The standard InChI is InChI=1S/C10H11F3O2/c1-6(14)9(15)7-4-2-3-5-8(7)10(11,12)13/h2-6,9,14-15H,1H3/t6-,9+/m1/s1. The Morgan fingerprint density at radius 2 is 1.67 bits per heavy atom. The zero-order valence-electron chi connectivity index (χ0n) is 7.99. The molecule has 0 radical (unpaired) electrons. The van der Waals surface area contributed by atoms with Gasteiger partial charge in [0.25, 0.3) is 0 Å². The number of hydrogen-bond acceptors (Lipinski definition) is 2. The first-order valence-corrected chi connectivity index (χ1v) is 4.36. The molecule has 0 aromatic heterocycles. The van der Waals surface area contributed by atoms with Gasteiger partial charge < -0.3 is 10.2 Å². The maximum atomic E-state index is 12.5. The number of halogens is 3. The van der Waals surface area contributed by atoms with Crippen LogP contribution in [0.5, 0.6) is 0 Å². The molecule has 5 heteroatoms. The monoisotopic (exact) mass is 220 g/mol. The summed E-state index contributed by atoms with van der Waals surface area (Å²) in [5.41, 5.74) is -1.22. The van der Waals surface area contributed by atoms with Crippen LogP contribution in [0.25, 0.3) is 0 Å². The lowest BCUT2D eigenvalue weighted by molar-refractivity contribution is -0.139. The fourth-order valence-corrected chi connectivity index (χ4v) is 1.27. The third-order valence-corrected chi connectivity index (χ3v) is 2.04. The van der Waals surface area contributed by atoms with E-state index in [2.05, 4.69) is 0 Å². The van der Waals surface area contributed by atoms with Gasteiger partial charge in [0.05, 0.1) is 11.7 Å². The fourth-order valence-electron chi connectivity index (χ4n) is 1.27. The predicted octanol–water partition coefficient (Wildman–Crippen LogP) is 2.12. The van der Waals surface area contributed by atoms with Gasteiger partial charge in [-0.2, -0.15) is 13.2 Å². The molecular formula is C10H11F3O2. The highest BCUT2D eigenvalue weighted by Gasteiger charge is 2.35. The Morgan fingerprint density at radius 3 is 2.13 bits per heavy atom. The van der Waals surface area contributed by atoms with Crippen LogP contribution in [-0.2, 0) is 6.18 Å². The van der Waals surface area contributed by atoms with Crippen molar-refractivity contribution in [1.82, 2.24) is 0 Å². The van der Waals surface area contributed by atoms with Crippen molar-refractivity contribution < 1.29 is 23.4 Å². The highest BCUT2D eigenvalue weighted by molar-refractivity contribution is 5.31. The molecular weight excluding hydrogens is 209 g/mol. The quantitative estimate of drug-likeness (QED) is 0.801. The molecule has 0 amide bonds. The van der Waals surface area contributed by atoms with Crippen molar-refractivity contribution in [1.29, 1.82) is 0 Å². The van der Waals surface area contributed by atoms with Gasteiger partial charge in [-0.1, -0.05) is 18.2 Å². The summed E-state index contributed by atoms with van der Waals surface area (Å²) in [5.74, 6) is 0. The third-order valence-electron chi connectivity index (χ3n) is 2.04. The molecule has 0 aliphatic heterocycles. The number of alkyl halides is 3. The zero-order chi connectivity index (χ0) is 11.6. The van der Waals surface area contributed by atoms with Gasteiger partial charge in [0.15, 0.2) is 0 Å². The third kappa shape index (κ3) is 2.70. The molecule has 0 bridgehead atoms. The lowest BCUT2D eigenvalue weighted by Crippen LogP contribution is -2.19. The second kappa shape index (κ2) is 4.20. The van der Waals surface area contributed by atoms with Gasteiger partial charge >= 0.3 is 6.18 Å². The van der Waals surface area contributed by atoms with Gasteiger partial charge in [-0.3, -0.25) is 0 Å². The molecule has 0 heterocycles. The van der Waals surface area contributed by atoms with Crippen LogP contribution in [0.3, 0.4) is 0 Å². The van der Waals surface area contributed by atoms with Crippen molar-refractivity contribution in [2.24, 2.45) is 0 Å². The Kier molecular flexibility index (Phi) is 3.36. The number of rotatable bonds is 2. The Hall–Kier alpha value is -1.07. The predicted molar refractivity (Wildman–Crippen MR) is 48.1 cm³/mol. The van der Waals surface area contributed by atoms with Crippen LogP contribution in [0.15, 0.2) is 24.3 Å². The number of hydrogen-bond donors (Lipinski definition) is 2. The highest BCUT2D eigenvalue weighted by atomic mass is 19.4. The van der Waals surface area contributed by atoms with Crippen molar-refractivity contribution in [3.63, 3.8) is 0 Å². The average Bonchev–Trinajstić information content (AvgIpc) is 2.15. The van der Waals surface area contributed by atoms with E-state index in [1.807, 2.05) is 0 Å². The molecule has 15 heavy (non-hydrogen) atoms. The lowest BCUT2D eigenvalue weighted by Gasteiger charge is -2.19. The minimum Gasteiger partial charge on any atom is -0.390 e. The average molecular weight is 220 g/mol. The van der Waals surface area contributed by atoms with Gasteiger partial charge in [0.2, 0.25) is 0 Å². The van der Waals surface area contributed by atoms with Gasteiger partial charge in [-0.15, -0.1) is 0 Å². The summed E-state index contributed by atoms with van der Waals surface area (Å²) in [6, 6.07) is 4.65. The van der Waals surface area contributed by atoms with Gasteiger partial charge in [0.1, 0.15) is 6.10 Å². The molecule has 0 unspecified atom stereocenters. The van der Waals surface area contributed by atoms with E-state index >= 15 is 0 Å². The van der Waals surface area contributed by atoms with Crippen LogP contribution < -0.4 is 0 Å². The molecule has 0 saturated carbocycles. The summed E-state index contributed by atoms with van der Waals surface area (Å²) >= 11 is 0. The molecule has 2 nitrogen and oxygen atoms in total. The lowest BCUT2D eigenvalue weighted by atomic mass is 9.99. The van der Waals surface area contributed by atoms with E-state index in [0.29, 0.717) is 0 Å². The second-order valence-electron chi connectivity index (χ2n) is 3.27. The summed E-state index contributed by atoms with van der Waals surface area (Å²) in [5, 5.41) is 18.4. The summed E-state index contributed by atoms with van der Waals surface area (Å²) in [7, 11) is 0. The Bertz CT molecular complexity index is 334. The summed E-state index contributed by atoms with van der Waals surface area (Å²) in [4.78, 5) is 0. The topological polar surface area (TPSA) is 40.5 Å². The second-order valence-corrected chi connectivity index (χ2v) is 3.27. The van der Waals surface area contributed by atoms with Crippen LogP contribution in [0.1, 0.15) is 24.2 Å². The van der Waals surface area contributed by atoms with E-state index in [1.54, 1.807) is 0 Å². The number of aliphatic hydroxyl groups excluding tert-OH is 2. The van der Waals surface area contributed by atoms with E-state index < -0.39 is 23.9 Å². The number of aliphatic hydroxyl groups is 2. The molecule has 2 N–H and O–H groups in total. The minimum absolute atomic E-state index is 0.306. The molecule has 0 aliphatic carbocycles. The molecule has 0 saturated heterocycles. The molecule has 0 fully saturated rings. The number of benzene rings is 1. The molecule has 0 spiro atoms. The molecule has 1 aromatic carbocycles. The zero-order valence-corrected chi connectivity index (χ0v) is 7.99. The largest absolute Gasteiger partial charge is 0.416 e. The van der Waals surface area contributed by atoms with Crippen molar-refractivity contribution in [2.75, 3.05) is 0 Å².